The Kier molecular flexibility index (Phi) is 5.98. The summed E-state index contributed by atoms with van der Waals surface area (Å²) in [5.74, 6) is -0.0594. The summed E-state index contributed by atoms with van der Waals surface area (Å²) < 4.78 is 9.89. The molecule has 11 nitrogen and oxygen atoms in total. The second-order valence-electron chi connectivity index (χ2n) is 4.02. The number of nitrogens with zero attached hydrogens (tertiary/aromatic N) is 2. The van der Waals surface area contributed by atoms with Gasteiger partial charge in [-0.1, -0.05) is 0 Å². The molecule has 1 N–H and O–H groups in total. The van der Waals surface area contributed by atoms with E-state index in [2.05, 4.69) is 9.68 Å². The molecule has 1 aromatic carbocycles. The number of phenolic OH excluding ortho intramolecular Hbond substituents is 1. The van der Waals surface area contributed by atoms with Crippen LogP contribution in [0.15, 0.2) is 12.1 Å². The third-order valence-corrected chi connectivity index (χ3v) is 2.60. The van der Waals surface area contributed by atoms with Crippen molar-refractivity contribution in [1.29, 1.82) is 0 Å². The van der Waals surface area contributed by atoms with E-state index < -0.39 is 22.9 Å². The highest BCUT2D eigenvalue weighted by Crippen LogP contribution is 2.37. The lowest BCUT2D eigenvalue weighted by Gasteiger charge is -2.16. The van der Waals surface area contributed by atoms with Gasteiger partial charge in [0.15, 0.2) is 11.5 Å². The first kappa shape index (κ1) is 17.1. The molecule has 0 aromatic heterocycles. The first-order valence-corrected chi connectivity index (χ1v) is 5.89. The summed E-state index contributed by atoms with van der Waals surface area (Å²) in [5.41, 5.74) is 0.435. The normalized spacial score (nSPS) is 11.4. The van der Waals surface area contributed by atoms with Crippen molar-refractivity contribution in [2.24, 2.45) is 0 Å². The minimum Gasteiger partial charge on any atom is -0.502 e. The quantitative estimate of drug-likeness (QED) is 0.514. The van der Waals surface area contributed by atoms with Gasteiger partial charge in [-0.05, 0) is 17.7 Å². The number of methoxy groups -OCH3 is 2. The molecule has 0 bridgehead atoms. The molecule has 0 aliphatic rings. The second-order valence-corrected chi connectivity index (χ2v) is 4.02. The highest BCUT2D eigenvalue weighted by atomic mass is 17.0. The van der Waals surface area contributed by atoms with Crippen LogP contribution in [0.2, 0.25) is 0 Å². The molecule has 1 unspecified atom stereocenters. The SMILES string of the molecule is COc1cc(CC(CO[N+](=O)[O-])O[N+](=O)[O-])cc(OC)c1O. The van der Waals surface area contributed by atoms with E-state index in [-0.39, 0.29) is 23.7 Å². The van der Waals surface area contributed by atoms with Gasteiger partial charge in [-0.2, -0.15) is 0 Å². The van der Waals surface area contributed by atoms with Crippen molar-refractivity contribution in [1.82, 2.24) is 0 Å². The molecule has 11 heteroatoms. The lowest BCUT2D eigenvalue weighted by Crippen LogP contribution is -2.26. The molecule has 22 heavy (non-hydrogen) atoms. The van der Waals surface area contributed by atoms with Crippen LogP contribution in [0.3, 0.4) is 0 Å². The molecule has 0 fully saturated rings. The van der Waals surface area contributed by atoms with Gasteiger partial charge >= 0.3 is 0 Å². The van der Waals surface area contributed by atoms with Crippen LogP contribution in [0.5, 0.6) is 17.2 Å². The maximum Gasteiger partial charge on any atom is 0.294 e. The Hall–Kier alpha value is -2.98. The molecule has 0 heterocycles. The summed E-state index contributed by atoms with van der Waals surface area (Å²) in [5, 5.41) is 28.2. The Labute approximate surface area is 124 Å². The minimum absolute atomic E-state index is 0.0874. The van der Waals surface area contributed by atoms with Crippen molar-refractivity contribution < 1.29 is 34.4 Å². The molecule has 0 spiro atoms. The van der Waals surface area contributed by atoms with Crippen molar-refractivity contribution in [2.45, 2.75) is 12.5 Å². The maximum absolute atomic E-state index is 10.4. The maximum atomic E-state index is 10.4. The minimum atomic E-state index is -1.21. The van der Waals surface area contributed by atoms with Crippen LogP contribution in [-0.2, 0) is 16.1 Å². The first-order valence-electron chi connectivity index (χ1n) is 5.89. The van der Waals surface area contributed by atoms with Crippen molar-refractivity contribution in [3.63, 3.8) is 0 Å². The number of benzene rings is 1. The predicted octanol–water partition coefficient (Wildman–Crippen LogP) is 0.737. The lowest BCUT2D eigenvalue weighted by atomic mass is 10.1. The molecule has 0 saturated heterocycles. The summed E-state index contributed by atoms with van der Waals surface area (Å²) >= 11 is 0. The molecule has 0 amide bonds. The fourth-order valence-electron chi connectivity index (χ4n) is 1.72. The molecular formula is C11H14N2O9. The molecule has 0 aliphatic heterocycles. The Morgan fingerprint density at radius 1 is 1.14 bits per heavy atom. The van der Waals surface area contributed by atoms with E-state index in [4.69, 9.17) is 9.47 Å². The van der Waals surface area contributed by atoms with Gasteiger partial charge in [0.25, 0.3) is 10.2 Å². The molecule has 0 aliphatic carbocycles. The number of hydrogen-bond donors (Lipinski definition) is 1. The van der Waals surface area contributed by atoms with Crippen molar-refractivity contribution in [3.8, 4) is 17.2 Å². The van der Waals surface area contributed by atoms with E-state index in [1.807, 2.05) is 0 Å². The van der Waals surface area contributed by atoms with E-state index in [9.17, 15) is 25.3 Å². The number of hydrogen-bond acceptors (Lipinski definition) is 9. The standard InChI is InChI=1S/C11H14N2O9/c1-19-9-4-7(5-10(20-2)11(9)14)3-8(22-13(17)18)6-21-12(15)16/h4-5,8,14H,3,6H2,1-2H3. The lowest BCUT2D eigenvalue weighted by molar-refractivity contribution is -0.789. The van der Waals surface area contributed by atoms with Crippen molar-refractivity contribution in [2.75, 3.05) is 20.8 Å². The zero-order valence-electron chi connectivity index (χ0n) is 11.8. The Bertz CT molecular complexity index is 523. The van der Waals surface area contributed by atoms with Gasteiger partial charge in [0.2, 0.25) is 5.75 Å². The summed E-state index contributed by atoms with van der Waals surface area (Å²) in [7, 11) is 2.64. The van der Waals surface area contributed by atoms with Gasteiger partial charge in [-0.25, -0.2) is 0 Å². The molecule has 122 valence electrons. The van der Waals surface area contributed by atoms with E-state index in [1.54, 1.807) is 0 Å². The average Bonchev–Trinajstić information content (AvgIpc) is 2.45. The third kappa shape index (κ3) is 4.85. The smallest absolute Gasteiger partial charge is 0.294 e. The summed E-state index contributed by atoms with van der Waals surface area (Å²) in [6.07, 6.45) is -1.30. The van der Waals surface area contributed by atoms with Gasteiger partial charge in [0.05, 0.1) is 14.2 Å². The number of aromatic hydroxyl groups is 1. The monoisotopic (exact) mass is 318 g/mol. The molecule has 0 radical (unpaired) electrons. The summed E-state index contributed by atoms with van der Waals surface area (Å²) in [6.45, 7) is -0.626. The van der Waals surface area contributed by atoms with E-state index >= 15 is 0 Å². The number of rotatable bonds is 9. The topological polar surface area (TPSA) is 143 Å². The Morgan fingerprint density at radius 2 is 1.68 bits per heavy atom. The molecule has 1 aromatic rings. The zero-order chi connectivity index (χ0) is 16.7. The van der Waals surface area contributed by atoms with E-state index in [0.29, 0.717) is 5.56 Å². The summed E-state index contributed by atoms with van der Waals surface area (Å²) in [6, 6.07) is 2.81. The van der Waals surface area contributed by atoms with Crippen LogP contribution in [0.4, 0.5) is 0 Å². The predicted molar refractivity (Wildman–Crippen MR) is 69.7 cm³/mol. The Morgan fingerprint density at radius 3 is 2.09 bits per heavy atom. The van der Waals surface area contributed by atoms with E-state index in [0.717, 1.165) is 0 Å². The van der Waals surface area contributed by atoms with Crippen molar-refractivity contribution >= 4 is 0 Å². The van der Waals surface area contributed by atoms with Crippen LogP contribution in [0.25, 0.3) is 0 Å². The average molecular weight is 318 g/mol. The number of ether oxygens (including phenoxy) is 2. The van der Waals surface area contributed by atoms with Gasteiger partial charge in [0, 0.05) is 6.42 Å². The summed E-state index contributed by atoms with van der Waals surface area (Å²) in [4.78, 5) is 29.0. The molecule has 1 rings (SSSR count). The van der Waals surface area contributed by atoms with Crippen LogP contribution < -0.4 is 9.47 Å². The van der Waals surface area contributed by atoms with Gasteiger partial charge in [0.1, 0.15) is 12.7 Å². The first-order chi connectivity index (χ1) is 10.4. The van der Waals surface area contributed by atoms with Crippen LogP contribution in [-0.4, -0.2) is 42.2 Å². The molecular weight excluding hydrogens is 304 g/mol. The van der Waals surface area contributed by atoms with E-state index in [1.165, 1.54) is 26.4 Å². The van der Waals surface area contributed by atoms with Crippen LogP contribution in [0.1, 0.15) is 5.56 Å². The molecule has 0 saturated carbocycles. The number of phenols is 1. The van der Waals surface area contributed by atoms with Crippen LogP contribution >= 0.6 is 0 Å². The van der Waals surface area contributed by atoms with Gasteiger partial charge in [-0.15, -0.1) is 20.2 Å². The zero-order valence-corrected chi connectivity index (χ0v) is 11.8. The fraction of sp³-hybridized carbons (Fsp3) is 0.455. The van der Waals surface area contributed by atoms with Gasteiger partial charge in [-0.3, -0.25) is 0 Å². The Balaban J connectivity index is 2.95. The second kappa shape index (κ2) is 7.71. The van der Waals surface area contributed by atoms with Crippen molar-refractivity contribution in [3.05, 3.63) is 37.9 Å². The third-order valence-electron chi connectivity index (χ3n) is 2.60. The fourth-order valence-corrected chi connectivity index (χ4v) is 1.72. The molecule has 1 atom stereocenters. The van der Waals surface area contributed by atoms with Crippen LogP contribution in [0, 0.1) is 20.2 Å². The highest BCUT2D eigenvalue weighted by Gasteiger charge is 2.19. The largest absolute Gasteiger partial charge is 0.502 e. The highest BCUT2D eigenvalue weighted by molar-refractivity contribution is 5.52. The van der Waals surface area contributed by atoms with Gasteiger partial charge < -0.3 is 24.3 Å².